The van der Waals surface area contributed by atoms with Crippen LogP contribution >= 0.6 is 0 Å². The van der Waals surface area contributed by atoms with E-state index in [1.807, 2.05) is 12.3 Å². The van der Waals surface area contributed by atoms with Gasteiger partial charge in [-0.1, -0.05) is 13.0 Å². The third kappa shape index (κ3) is 2.57. The van der Waals surface area contributed by atoms with Gasteiger partial charge in [-0.2, -0.15) is 0 Å². The van der Waals surface area contributed by atoms with Gasteiger partial charge >= 0.3 is 0 Å². The molecule has 1 saturated heterocycles. The van der Waals surface area contributed by atoms with Crippen LogP contribution in [0.25, 0.3) is 0 Å². The molecular weight excluding hydrogens is 236 g/mol. The summed E-state index contributed by atoms with van der Waals surface area (Å²) in [5.41, 5.74) is 2.52. The van der Waals surface area contributed by atoms with Crippen molar-refractivity contribution in [3.8, 4) is 0 Å². The van der Waals surface area contributed by atoms with Crippen LogP contribution in [-0.4, -0.2) is 23.9 Å². The number of carbonyl (C=O) groups excluding carboxylic acids is 1. The highest BCUT2D eigenvalue weighted by Gasteiger charge is 2.56. The number of aryl methyl sites for hydroxylation is 1. The largest absolute Gasteiger partial charge is 0.317 e. The van der Waals surface area contributed by atoms with Gasteiger partial charge in [0.2, 0.25) is 0 Å². The molecule has 0 bridgehead atoms. The van der Waals surface area contributed by atoms with Crippen LogP contribution in [0.5, 0.6) is 0 Å². The van der Waals surface area contributed by atoms with E-state index >= 15 is 0 Å². The van der Waals surface area contributed by atoms with Gasteiger partial charge in [0.1, 0.15) is 5.78 Å². The number of ketones is 1. The molecule has 1 aliphatic heterocycles. The molecule has 102 valence electrons. The Morgan fingerprint density at radius 1 is 1.42 bits per heavy atom. The second-order valence-corrected chi connectivity index (χ2v) is 6.02. The molecular formula is C16H22N2O. The average Bonchev–Trinajstić information content (AvgIpc) is 3.14. The van der Waals surface area contributed by atoms with Gasteiger partial charge in [0.15, 0.2) is 0 Å². The summed E-state index contributed by atoms with van der Waals surface area (Å²) in [6.45, 7) is 4.27. The first-order valence-corrected chi connectivity index (χ1v) is 7.41. The molecule has 1 unspecified atom stereocenters. The zero-order valence-corrected chi connectivity index (χ0v) is 11.6. The number of rotatable bonds is 4. The number of nitrogens with one attached hydrogen (secondary N) is 1. The van der Waals surface area contributed by atoms with E-state index in [-0.39, 0.29) is 0 Å². The lowest BCUT2D eigenvalue weighted by Crippen LogP contribution is -2.31. The highest BCUT2D eigenvalue weighted by molar-refractivity contribution is 5.86. The molecule has 1 atom stereocenters. The molecule has 19 heavy (non-hydrogen) atoms. The minimum Gasteiger partial charge on any atom is -0.317 e. The predicted molar refractivity (Wildman–Crippen MR) is 75.0 cm³/mol. The average molecular weight is 258 g/mol. The Labute approximate surface area is 114 Å². The summed E-state index contributed by atoms with van der Waals surface area (Å²) in [5, 5.41) is 3.38. The molecule has 2 aliphatic rings. The highest BCUT2D eigenvalue weighted by atomic mass is 16.1. The van der Waals surface area contributed by atoms with Crippen molar-refractivity contribution < 1.29 is 4.79 Å². The number of nitrogens with zero attached hydrogens (tertiary/aromatic N) is 1. The normalized spacial score (nSPS) is 24.4. The van der Waals surface area contributed by atoms with Crippen molar-refractivity contribution in [1.82, 2.24) is 10.3 Å². The molecule has 1 saturated carbocycles. The fourth-order valence-corrected chi connectivity index (χ4v) is 3.35. The molecule has 0 amide bonds. The third-order valence-electron chi connectivity index (χ3n) is 4.83. The van der Waals surface area contributed by atoms with E-state index in [2.05, 4.69) is 23.3 Å². The lowest BCUT2D eigenvalue weighted by Gasteiger charge is -2.23. The number of hydrogen-bond acceptors (Lipinski definition) is 3. The lowest BCUT2D eigenvalue weighted by atomic mass is 9.90. The molecule has 0 radical (unpaired) electrons. The van der Waals surface area contributed by atoms with Crippen LogP contribution < -0.4 is 5.32 Å². The predicted octanol–water partition coefficient (Wildman–Crippen LogP) is 2.15. The van der Waals surface area contributed by atoms with Crippen LogP contribution in [0.4, 0.5) is 0 Å². The van der Waals surface area contributed by atoms with Gasteiger partial charge in [-0.05, 0) is 55.8 Å². The summed E-state index contributed by atoms with van der Waals surface area (Å²) in [5.74, 6) is 0.709. The van der Waals surface area contributed by atoms with Crippen LogP contribution in [0.2, 0.25) is 0 Å². The Balaban J connectivity index is 1.59. The molecule has 1 spiro atoms. The van der Waals surface area contributed by atoms with Gasteiger partial charge < -0.3 is 5.32 Å². The third-order valence-corrected chi connectivity index (χ3v) is 4.83. The standard InChI is InChI=1S/C16H22N2O/c1-2-12-3-4-13(18-11-12)9-15(19)14-10-16(14)5-7-17-8-6-16/h3-4,11,14,17H,2,5-10H2,1H3. The summed E-state index contributed by atoms with van der Waals surface area (Å²) >= 11 is 0. The van der Waals surface area contributed by atoms with Crippen molar-refractivity contribution >= 4 is 5.78 Å². The van der Waals surface area contributed by atoms with Crippen LogP contribution in [0.15, 0.2) is 18.3 Å². The van der Waals surface area contributed by atoms with E-state index in [0.29, 0.717) is 23.5 Å². The zero-order chi connectivity index (χ0) is 13.3. The van der Waals surface area contributed by atoms with Gasteiger partial charge in [-0.3, -0.25) is 9.78 Å². The van der Waals surface area contributed by atoms with Crippen LogP contribution in [-0.2, 0) is 17.6 Å². The number of piperidine rings is 1. The van der Waals surface area contributed by atoms with E-state index in [1.54, 1.807) is 0 Å². The minimum atomic E-state index is 0.308. The van der Waals surface area contributed by atoms with E-state index in [0.717, 1.165) is 31.6 Å². The quantitative estimate of drug-likeness (QED) is 0.899. The monoisotopic (exact) mass is 258 g/mol. The maximum absolute atomic E-state index is 12.3. The first kappa shape index (κ1) is 12.8. The zero-order valence-electron chi connectivity index (χ0n) is 11.6. The first-order chi connectivity index (χ1) is 9.23. The summed E-state index contributed by atoms with van der Waals surface area (Å²) in [6.07, 6.45) is 6.87. The van der Waals surface area contributed by atoms with Gasteiger partial charge in [0, 0.05) is 24.2 Å². The Morgan fingerprint density at radius 3 is 2.84 bits per heavy atom. The molecule has 1 N–H and O–H groups in total. The number of hydrogen-bond donors (Lipinski definition) is 1. The maximum atomic E-state index is 12.3. The van der Waals surface area contributed by atoms with Gasteiger partial charge in [-0.15, -0.1) is 0 Å². The number of Topliss-reactive ketones (excluding diaryl/α,β-unsaturated/α-hetero) is 1. The highest BCUT2D eigenvalue weighted by Crippen LogP contribution is 2.59. The van der Waals surface area contributed by atoms with Crippen molar-refractivity contribution in [1.29, 1.82) is 0 Å². The Bertz CT molecular complexity index is 460. The second kappa shape index (κ2) is 5.04. The molecule has 1 aromatic rings. The van der Waals surface area contributed by atoms with Gasteiger partial charge in [-0.25, -0.2) is 0 Å². The van der Waals surface area contributed by atoms with E-state index in [9.17, 15) is 4.79 Å². The fourth-order valence-electron chi connectivity index (χ4n) is 3.35. The van der Waals surface area contributed by atoms with Crippen LogP contribution in [0.1, 0.15) is 37.4 Å². The summed E-state index contributed by atoms with van der Waals surface area (Å²) in [6, 6.07) is 4.09. The molecule has 3 heteroatoms. The van der Waals surface area contributed by atoms with E-state index < -0.39 is 0 Å². The van der Waals surface area contributed by atoms with Crippen molar-refractivity contribution in [2.45, 2.75) is 39.0 Å². The van der Waals surface area contributed by atoms with Crippen molar-refractivity contribution in [3.63, 3.8) is 0 Å². The summed E-state index contributed by atoms with van der Waals surface area (Å²) in [4.78, 5) is 16.7. The Morgan fingerprint density at radius 2 is 2.21 bits per heavy atom. The number of pyridine rings is 1. The smallest absolute Gasteiger partial charge is 0.142 e. The second-order valence-electron chi connectivity index (χ2n) is 6.02. The van der Waals surface area contributed by atoms with Gasteiger partial charge in [0.25, 0.3) is 0 Å². The van der Waals surface area contributed by atoms with Crippen molar-refractivity contribution in [3.05, 3.63) is 29.6 Å². The molecule has 2 heterocycles. The fraction of sp³-hybridized carbons (Fsp3) is 0.625. The number of aromatic nitrogens is 1. The summed E-state index contributed by atoms with van der Waals surface area (Å²) < 4.78 is 0. The topological polar surface area (TPSA) is 42.0 Å². The maximum Gasteiger partial charge on any atom is 0.142 e. The first-order valence-electron chi connectivity index (χ1n) is 7.41. The minimum absolute atomic E-state index is 0.308. The Hall–Kier alpha value is -1.22. The van der Waals surface area contributed by atoms with Crippen molar-refractivity contribution in [2.75, 3.05) is 13.1 Å². The SMILES string of the molecule is CCc1ccc(CC(=O)C2CC23CCNCC3)nc1. The van der Waals surface area contributed by atoms with E-state index in [4.69, 9.17) is 0 Å². The van der Waals surface area contributed by atoms with Gasteiger partial charge in [0.05, 0.1) is 0 Å². The number of carbonyl (C=O) groups is 1. The van der Waals surface area contributed by atoms with Crippen molar-refractivity contribution in [2.24, 2.45) is 11.3 Å². The molecule has 2 fully saturated rings. The molecule has 1 aromatic heterocycles. The summed E-state index contributed by atoms with van der Waals surface area (Å²) in [7, 11) is 0. The van der Waals surface area contributed by atoms with E-state index in [1.165, 1.54) is 18.4 Å². The van der Waals surface area contributed by atoms with Crippen LogP contribution in [0.3, 0.4) is 0 Å². The molecule has 1 aliphatic carbocycles. The molecule has 3 rings (SSSR count). The molecule has 0 aromatic carbocycles. The Kier molecular flexibility index (Phi) is 3.40. The lowest BCUT2D eigenvalue weighted by molar-refractivity contribution is -0.120. The van der Waals surface area contributed by atoms with Crippen LogP contribution in [0, 0.1) is 11.3 Å². The molecule has 3 nitrogen and oxygen atoms in total.